The van der Waals surface area contributed by atoms with E-state index in [1.165, 1.54) is 24.9 Å². The summed E-state index contributed by atoms with van der Waals surface area (Å²) in [5, 5.41) is 0. The number of likely N-dealkylation sites (tertiary alicyclic amines) is 1. The molecule has 4 nitrogen and oxygen atoms in total. The first kappa shape index (κ1) is 17.8. The fourth-order valence-electron chi connectivity index (χ4n) is 5.60. The van der Waals surface area contributed by atoms with Gasteiger partial charge in [-0.15, -0.1) is 0 Å². The van der Waals surface area contributed by atoms with Crippen molar-refractivity contribution < 1.29 is 4.79 Å². The number of carbonyl (C=O) groups is 1. The quantitative estimate of drug-likeness (QED) is 0.905. The minimum absolute atomic E-state index is 0.230. The SMILES string of the molecule is CN(c1ccccc1)C1CCN(C(=O)C2CC3CCCC(C2)C3N)CC1. The minimum atomic E-state index is 0.230. The van der Waals surface area contributed by atoms with Crippen molar-refractivity contribution in [1.29, 1.82) is 0 Å². The van der Waals surface area contributed by atoms with Crippen molar-refractivity contribution in [3.8, 4) is 0 Å². The van der Waals surface area contributed by atoms with Crippen molar-refractivity contribution in [3.05, 3.63) is 30.3 Å². The van der Waals surface area contributed by atoms with Gasteiger partial charge in [0.25, 0.3) is 0 Å². The monoisotopic (exact) mass is 355 g/mol. The average molecular weight is 356 g/mol. The minimum Gasteiger partial charge on any atom is -0.371 e. The summed E-state index contributed by atoms with van der Waals surface area (Å²) in [5.41, 5.74) is 7.67. The standard InChI is InChI=1S/C22H33N3O/c1-24(19-8-3-2-4-9-19)20-10-12-25(13-11-20)22(26)18-14-16-6-5-7-17(15-18)21(16)23/h2-4,8-9,16-18,20-21H,5-7,10-15,23H2,1H3. The van der Waals surface area contributed by atoms with Gasteiger partial charge in [-0.3, -0.25) is 4.79 Å². The van der Waals surface area contributed by atoms with Gasteiger partial charge in [0, 0.05) is 43.8 Å². The zero-order valence-electron chi connectivity index (χ0n) is 16.0. The lowest BCUT2D eigenvalue weighted by atomic mass is 9.65. The van der Waals surface area contributed by atoms with Crippen molar-refractivity contribution in [3.63, 3.8) is 0 Å². The van der Waals surface area contributed by atoms with Crippen molar-refractivity contribution in [2.24, 2.45) is 23.5 Å². The van der Waals surface area contributed by atoms with Crippen LogP contribution >= 0.6 is 0 Å². The van der Waals surface area contributed by atoms with Gasteiger partial charge in [-0.05, 0) is 62.5 Å². The van der Waals surface area contributed by atoms with Crippen molar-refractivity contribution in [2.75, 3.05) is 25.0 Å². The zero-order valence-corrected chi connectivity index (χ0v) is 16.0. The summed E-state index contributed by atoms with van der Waals surface area (Å²) < 4.78 is 0. The lowest BCUT2D eigenvalue weighted by molar-refractivity contribution is -0.139. The second-order valence-electron chi connectivity index (χ2n) is 8.70. The van der Waals surface area contributed by atoms with E-state index in [0.29, 0.717) is 29.8 Å². The molecule has 142 valence electrons. The molecule has 2 unspecified atom stereocenters. The molecule has 26 heavy (non-hydrogen) atoms. The van der Waals surface area contributed by atoms with Gasteiger partial charge in [0.05, 0.1) is 0 Å². The molecule has 2 atom stereocenters. The zero-order chi connectivity index (χ0) is 18.1. The molecule has 4 heteroatoms. The Morgan fingerprint density at radius 2 is 1.65 bits per heavy atom. The third-order valence-corrected chi connectivity index (χ3v) is 7.25. The smallest absolute Gasteiger partial charge is 0.225 e. The summed E-state index contributed by atoms with van der Waals surface area (Å²) in [7, 11) is 2.18. The average Bonchev–Trinajstić information content (AvgIpc) is 2.67. The number of para-hydroxylation sites is 1. The second kappa shape index (κ2) is 7.59. The molecule has 1 aromatic rings. The largest absolute Gasteiger partial charge is 0.371 e. The Morgan fingerprint density at radius 1 is 1.04 bits per heavy atom. The van der Waals surface area contributed by atoms with Crippen LogP contribution in [0.25, 0.3) is 0 Å². The maximum absolute atomic E-state index is 13.1. The van der Waals surface area contributed by atoms with Gasteiger partial charge >= 0.3 is 0 Å². The molecule has 0 radical (unpaired) electrons. The molecule has 0 aromatic heterocycles. The number of amides is 1. The van der Waals surface area contributed by atoms with Crippen LogP contribution in [0.2, 0.25) is 0 Å². The number of carbonyl (C=O) groups excluding carboxylic acids is 1. The van der Waals surface area contributed by atoms with Crippen LogP contribution in [0.5, 0.6) is 0 Å². The number of hydrogen-bond donors (Lipinski definition) is 1. The third-order valence-electron chi connectivity index (χ3n) is 7.25. The summed E-state index contributed by atoms with van der Waals surface area (Å²) in [4.78, 5) is 17.6. The van der Waals surface area contributed by atoms with Crippen molar-refractivity contribution in [1.82, 2.24) is 4.90 Å². The number of rotatable bonds is 3. The fraction of sp³-hybridized carbons (Fsp3) is 0.682. The Balaban J connectivity index is 1.32. The van der Waals surface area contributed by atoms with Gasteiger partial charge in [0.15, 0.2) is 0 Å². The molecular weight excluding hydrogens is 322 g/mol. The molecule has 1 heterocycles. The van der Waals surface area contributed by atoms with E-state index in [0.717, 1.165) is 38.8 Å². The first-order valence-corrected chi connectivity index (χ1v) is 10.5. The second-order valence-corrected chi connectivity index (χ2v) is 8.70. The molecule has 3 fully saturated rings. The predicted octanol–water partition coefficient (Wildman–Crippen LogP) is 3.27. The normalized spacial score (nSPS) is 32.3. The van der Waals surface area contributed by atoms with E-state index >= 15 is 0 Å². The Hall–Kier alpha value is -1.55. The molecule has 2 bridgehead atoms. The van der Waals surface area contributed by atoms with E-state index in [1.54, 1.807) is 0 Å². The van der Waals surface area contributed by atoms with E-state index in [-0.39, 0.29) is 5.92 Å². The maximum Gasteiger partial charge on any atom is 0.225 e. The van der Waals surface area contributed by atoms with E-state index in [4.69, 9.17) is 5.73 Å². The Bertz CT molecular complexity index is 597. The van der Waals surface area contributed by atoms with Gasteiger partial charge in [-0.25, -0.2) is 0 Å². The number of fused-ring (bicyclic) bond motifs is 2. The molecule has 1 aliphatic heterocycles. The lowest BCUT2D eigenvalue weighted by Gasteiger charge is -2.45. The molecule has 0 spiro atoms. The van der Waals surface area contributed by atoms with Gasteiger partial charge in [0.2, 0.25) is 5.91 Å². The number of anilines is 1. The van der Waals surface area contributed by atoms with E-state index in [9.17, 15) is 4.79 Å². The number of hydrogen-bond acceptors (Lipinski definition) is 3. The third kappa shape index (κ3) is 3.48. The van der Waals surface area contributed by atoms with Crippen LogP contribution in [0.3, 0.4) is 0 Å². The summed E-state index contributed by atoms with van der Waals surface area (Å²) in [5.74, 6) is 1.81. The fourth-order valence-corrected chi connectivity index (χ4v) is 5.60. The van der Waals surface area contributed by atoms with Crippen LogP contribution in [0.15, 0.2) is 30.3 Å². The Morgan fingerprint density at radius 3 is 2.27 bits per heavy atom. The van der Waals surface area contributed by atoms with Gasteiger partial charge in [-0.1, -0.05) is 24.6 Å². The van der Waals surface area contributed by atoms with Crippen LogP contribution in [0.4, 0.5) is 5.69 Å². The van der Waals surface area contributed by atoms with E-state index in [1.807, 2.05) is 0 Å². The van der Waals surface area contributed by atoms with Crippen LogP contribution in [0, 0.1) is 17.8 Å². The first-order valence-electron chi connectivity index (χ1n) is 10.5. The van der Waals surface area contributed by atoms with Crippen LogP contribution in [-0.4, -0.2) is 43.0 Å². The highest BCUT2D eigenvalue weighted by Gasteiger charge is 2.42. The van der Waals surface area contributed by atoms with Gasteiger partial charge in [0.1, 0.15) is 0 Å². The summed E-state index contributed by atoms with van der Waals surface area (Å²) in [6.07, 6.45) is 7.95. The van der Waals surface area contributed by atoms with E-state index < -0.39 is 0 Å². The highest BCUT2D eigenvalue weighted by Crippen LogP contribution is 2.42. The number of nitrogens with two attached hydrogens (primary N) is 1. The number of piperidine rings is 1. The Labute approximate surface area is 157 Å². The van der Waals surface area contributed by atoms with Crippen LogP contribution < -0.4 is 10.6 Å². The molecule has 1 aromatic carbocycles. The molecule has 2 N–H and O–H groups in total. The Kier molecular flexibility index (Phi) is 5.21. The predicted molar refractivity (Wildman–Crippen MR) is 106 cm³/mol. The summed E-state index contributed by atoms with van der Waals surface area (Å²) in [6.45, 7) is 1.80. The van der Waals surface area contributed by atoms with Crippen LogP contribution in [0.1, 0.15) is 44.9 Å². The van der Waals surface area contributed by atoms with Gasteiger partial charge in [-0.2, -0.15) is 0 Å². The van der Waals surface area contributed by atoms with Crippen molar-refractivity contribution >= 4 is 11.6 Å². The number of benzene rings is 1. The highest BCUT2D eigenvalue weighted by atomic mass is 16.2. The summed E-state index contributed by atoms with van der Waals surface area (Å²) >= 11 is 0. The van der Waals surface area contributed by atoms with Gasteiger partial charge < -0.3 is 15.5 Å². The molecule has 1 amide bonds. The first-order chi connectivity index (χ1) is 12.6. The molecule has 3 aliphatic rings. The topological polar surface area (TPSA) is 49.6 Å². The lowest BCUT2D eigenvalue weighted by Crippen LogP contribution is -2.52. The van der Waals surface area contributed by atoms with E-state index in [2.05, 4.69) is 47.2 Å². The summed E-state index contributed by atoms with van der Waals surface area (Å²) in [6, 6.07) is 11.5. The number of nitrogens with zero attached hydrogens (tertiary/aromatic N) is 2. The molecule has 2 saturated carbocycles. The molecule has 4 rings (SSSR count). The maximum atomic E-state index is 13.1. The molecule has 2 aliphatic carbocycles. The molecule has 1 saturated heterocycles. The van der Waals surface area contributed by atoms with Crippen molar-refractivity contribution in [2.45, 2.75) is 57.0 Å². The molecular formula is C22H33N3O. The highest BCUT2D eigenvalue weighted by molar-refractivity contribution is 5.79. The van der Waals surface area contributed by atoms with Crippen LogP contribution in [-0.2, 0) is 4.79 Å².